The van der Waals surface area contributed by atoms with Crippen LogP contribution in [0.15, 0.2) is 18.2 Å². The van der Waals surface area contributed by atoms with Crippen molar-refractivity contribution in [3.8, 4) is 0 Å². The predicted molar refractivity (Wildman–Crippen MR) is 65.8 cm³/mol. The van der Waals surface area contributed by atoms with Gasteiger partial charge in [-0.1, -0.05) is 6.92 Å². The summed E-state index contributed by atoms with van der Waals surface area (Å²) in [6.45, 7) is 2.36. The lowest BCUT2D eigenvalue weighted by Gasteiger charge is -2.26. The highest BCUT2D eigenvalue weighted by Gasteiger charge is 2.19. The minimum absolute atomic E-state index is 0.0156. The molecule has 0 unspecified atom stereocenters. The van der Waals surface area contributed by atoms with Crippen molar-refractivity contribution in [2.45, 2.75) is 19.9 Å². The Morgan fingerprint density at radius 3 is 3.00 bits per heavy atom. The number of nitrogens with one attached hydrogen (secondary N) is 2. The summed E-state index contributed by atoms with van der Waals surface area (Å²) in [4.78, 5) is 24.3. The molecule has 0 saturated heterocycles. The number of urea groups is 1. The number of amides is 3. The predicted octanol–water partition coefficient (Wildman–Crippen LogP) is 2.01. The van der Waals surface area contributed by atoms with Crippen LogP contribution < -0.4 is 10.6 Å². The molecule has 3 amide bonds. The van der Waals surface area contributed by atoms with Crippen LogP contribution in [0.1, 0.15) is 18.9 Å². The largest absolute Gasteiger partial charge is 0.326 e. The Morgan fingerprint density at radius 2 is 2.29 bits per heavy atom. The van der Waals surface area contributed by atoms with Gasteiger partial charge in [0.05, 0.1) is 0 Å². The van der Waals surface area contributed by atoms with Crippen LogP contribution in [-0.4, -0.2) is 23.9 Å². The second-order valence-electron chi connectivity index (χ2n) is 4.06. The van der Waals surface area contributed by atoms with E-state index in [1.807, 2.05) is 19.1 Å². The molecule has 90 valence electrons. The lowest BCUT2D eigenvalue weighted by molar-refractivity contribution is -0.115. The van der Waals surface area contributed by atoms with Gasteiger partial charge in [0.2, 0.25) is 5.91 Å². The van der Waals surface area contributed by atoms with Gasteiger partial charge in [-0.2, -0.15) is 0 Å². The lowest BCUT2D eigenvalue weighted by Crippen LogP contribution is -2.35. The van der Waals surface area contributed by atoms with Crippen LogP contribution in [0.25, 0.3) is 0 Å². The molecule has 5 nitrogen and oxygen atoms in total. The Hall–Kier alpha value is -2.04. The first kappa shape index (κ1) is 11.4. The average Bonchev–Trinajstić information content (AvgIpc) is 2.31. The van der Waals surface area contributed by atoms with E-state index in [9.17, 15) is 9.59 Å². The number of anilines is 2. The number of hydrogen-bond acceptors (Lipinski definition) is 2. The molecule has 1 aromatic carbocycles. The minimum Gasteiger partial charge on any atom is -0.326 e. The van der Waals surface area contributed by atoms with E-state index < -0.39 is 0 Å². The van der Waals surface area contributed by atoms with Gasteiger partial charge in [0.15, 0.2) is 0 Å². The van der Waals surface area contributed by atoms with Crippen LogP contribution in [0.3, 0.4) is 0 Å². The zero-order valence-electron chi connectivity index (χ0n) is 9.91. The molecule has 0 spiro atoms. The Morgan fingerprint density at radius 1 is 1.53 bits per heavy atom. The normalized spacial score (nSPS) is 14.0. The summed E-state index contributed by atoms with van der Waals surface area (Å²) in [5.41, 5.74) is 2.57. The highest BCUT2D eigenvalue weighted by Crippen LogP contribution is 2.25. The van der Waals surface area contributed by atoms with Crippen LogP contribution in [0.2, 0.25) is 0 Å². The van der Waals surface area contributed by atoms with E-state index in [0.29, 0.717) is 13.0 Å². The number of hydrogen-bond donors (Lipinski definition) is 2. The van der Waals surface area contributed by atoms with Crippen LogP contribution in [0.4, 0.5) is 16.2 Å². The van der Waals surface area contributed by atoms with Gasteiger partial charge in [0.25, 0.3) is 0 Å². The Kier molecular flexibility index (Phi) is 2.99. The average molecular weight is 233 g/mol. The molecule has 1 aliphatic heterocycles. The minimum atomic E-state index is -0.108. The van der Waals surface area contributed by atoms with Gasteiger partial charge in [0.1, 0.15) is 0 Å². The quantitative estimate of drug-likeness (QED) is 0.820. The zero-order valence-corrected chi connectivity index (χ0v) is 9.91. The number of carbonyl (C=O) groups excluding carboxylic acids is 2. The van der Waals surface area contributed by atoms with E-state index in [1.165, 1.54) is 0 Å². The smallest absolute Gasteiger partial charge is 0.321 e. The molecule has 17 heavy (non-hydrogen) atoms. The van der Waals surface area contributed by atoms with Gasteiger partial charge >= 0.3 is 6.03 Å². The fourth-order valence-electron chi connectivity index (χ4n) is 1.71. The SMILES string of the molecule is CCC(=O)Nc1ccc2c(c1)CN(C)C(=O)N2. The van der Waals surface area contributed by atoms with Crippen molar-refractivity contribution >= 4 is 23.3 Å². The molecular formula is C12H15N3O2. The molecule has 0 fully saturated rings. The summed E-state index contributed by atoms with van der Waals surface area (Å²) in [6.07, 6.45) is 0.452. The summed E-state index contributed by atoms with van der Waals surface area (Å²) in [5, 5.41) is 5.58. The monoisotopic (exact) mass is 233 g/mol. The van der Waals surface area contributed by atoms with Gasteiger partial charge < -0.3 is 15.5 Å². The van der Waals surface area contributed by atoms with Gasteiger partial charge in [-0.05, 0) is 23.8 Å². The maximum atomic E-state index is 11.4. The molecular weight excluding hydrogens is 218 g/mol. The topological polar surface area (TPSA) is 61.4 Å². The van der Waals surface area contributed by atoms with E-state index >= 15 is 0 Å². The van der Waals surface area contributed by atoms with Crippen LogP contribution >= 0.6 is 0 Å². The van der Waals surface area contributed by atoms with Crippen LogP contribution in [0.5, 0.6) is 0 Å². The van der Waals surface area contributed by atoms with Crippen LogP contribution in [0, 0.1) is 0 Å². The van der Waals surface area contributed by atoms with Crippen molar-refractivity contribution < 1.29 is 9.59 Å². The number of fused-ring (bicyclic) bond motifs is 1. The molecule has 0 atom stereocenters. The van der Waals surface area contributed by atoms with Gasteiger partial charge in [0, 0.05) is 31.4 Å². The lowest BCUT2D eigenvalue weighted by atomic mass is 10.1. The Labute approximate surface area is 99.8 Å². The third-order valence-corrected chi connectivity index (χ3v) is 2.71. The Bertz CT molecular complexity index is 471. The molecule has 1 aliphatic rings. The summed E-state index contributed by atoms with van der Waals surface area (Å²) in [7, 11) is 1.73. The van der Waals surface area contributed by atoms with Crippen molar-refractivity contribution in [1.29, 1.82) is 0 Å². The maximum absolute atomic E-state index is 11.4. The molecule has 1 aromatic rings. The van der Waals surface area contributed by atoms with Gasteiger partial charge in [-0.15, -0.1) is 0 Å². The molecule has 1 heterocycles. The van der Waals surface area contributed by atoms with E-state index in [2.05, 4.69) is 10.6 Å². The standard InChI is InChI=1S/C12H15N3O2/c1-3-11(16)13-9-4-5-10-8(6-9)7-15(2)12(17)14-10/h4-6H,3,7H2,1-2H3,(H,13,16)(H,14,17). The molecule has 0 saturated carbocycles. The summed E-state index contributed by atoms with van der Waals surface area (Å²) in [5.74, 6) is -0.0156. The Balaban J connectivity index is 2.22. The highest BCUT2D eigenvalue weighted by atomic mass is 16.2. The first-order chi connectivity index (χ1) is 8.10. The second kappa shape index (κ2) is 4.45. The fraction of sp³-hybridized carbons (Fsp3) is 0.333. The van der Waals surface area contributed by atoms with Crippen molar-refractivity contribution in [3.05, 3.63) is 23.8 Å². The molecule has 2 rings (SSSR count). The van der Waals surface area contributed by atoms with Crippen LogP contribution in [-0.2, 0) is 11.3 Å². The summed E-state index contributed by atoms with van der Waals surface area (Å²) < 4.78 is 0. The van der Waals surface area contributed by atoms with Crippen molar-refractivity contribution in [2.24, 2.45) is 0 Å². The molecule has 2 N–H and O–H groups in total. The first-order valence-electron chi connectivity index (χ1n) is 5.55. The zero-order chi connectivity index (χ0) is 12.4. The number of rotatable bonds is 2. The van der Waals surface area contributed by atoms with Gasteiger partial charge in [-0.25, -0.2) is 4.79 Å². The summed E-state index contributed by atoms with van der Waals surface area (Å²) >= 11 is 0. The number of benzene rings is 1. The highest BCUT2D eigenvalue weighted by molar-refractivity contribution is 5.94. The fourth-order valence-corrected chi connectivity index (χ4v) is 1.71. The van der Waals surface area contributed by atoms with Crippen molar-refractivity contribution in [2.75, 3.05) is 17.7 Å². The van der Waals surface area contributed by atoms with E-state index in [4.69, 9.17) is 0 Å². The molecule has 0 radical (unpaired) electrons. The van der Waals surface area contributed by atoms with E-state index in [0.717, 1.165) is 16.9 Å². The van der Waals surface area contributed by atoms with Crippen molar-refractivity contribution in [3.63, 3.8) is 0 Å². The van der Waals surface area contributed by atoms with Crippen molar-refractivity contribution in [1.82, 2.24) is 4.90 Å². The second-order valence-corrected chi connectivity index (χ2v) is 4.06. The molecule has 0 bridgehead atoms. The first-order valence-corrected chi connectivity index (χ1v) is 5.55. The number of carbonyl (C=O) groups is 2. The molecule has 0 aliphatic carbocycles. The van der Waals surface area contributed by atoms with E-state index in [1.54, 1.807) is 18.0 Å². The molecule has 5 heteroatoms. The third kappa shape index (κ3) is 2.38. The van der Waals surface area contributed by atoms with E-state index in [-0.39, 0.29) is 11.9 Å². The third-order valence-electron chi connectivity index (χ3n) is 2.71. The van der Waals surface area contributed by atoms with Gasteiger partial charge in [-0.3, -0.25) is 4.79 Å². The maximum Gasteiger partial charge on any atom is 0.321 e. The summed E-state index contributed by atoms with van der Waals surface area (Å²) in [6, 6.07) is 5.38. The number of nitrogens with zero attached hydrogens (tertiary/aromatic N) is 1. The molecule has 0 aromatic heterocycles.